The van der Waals surface area contributed by atoms with Crippen LogP contribution in [0, 0.1) is 5.41 Å². The Morgan fingerprint density at radius 3 is 2.43 bits per heavy atom. The van der Waals surface area contributed by atoms with Crippen molar-refractivity contribution in [2.45, 2.75) is 63.8 Å². The van der Waals surface area contributed by atoms with E-state index < -0.39 is 11.4 Å². The zero-order chi connectivity index (χ0) is 15.1. The number of allylic oxidation sites excluding steroid dienone is 1. The van der Waals surface area contributed by atoms with Crippen LogP contribution in [0.5, 0.6) is 0 Å². The van der Waals surface area contributed by atoms with Crippen LogP contribution in [0.1, 0.15) is 57.8 Å². The number of hydrogen-bond donors (Lipinski definition) is 3. The Morgan fingerprint density at radius 2 is 1.86 bits per heavy atom. The fraction of sp³-hybridized carbons (Fsp3) is 0.750. The van der Waals surface area contributed by atoms with E-state index in [4.69, 9.17) is 0 Å². The van der Waals surface area contributed by atoms with E-state index in [1.807, 2.05) is 0 Å². The number of rotatable bonds is 4. The lowest BCUT2D eigenvalue weighted by Gasteiger charge is -2.29. The van der Waals surface area contributed by atoms with Gasteiger partial charge in [0.05, 0.1) is 5.41 Å². The molecule has 0 bridgehead atoms. The lowest BCUT2D eigenvalue weighted by molar-refractivity contribution is -0.149. The van der Waals surface area contributed by atoms with E-state index in [1.165, 1.54) is 0 Å². The van der Waals surface area contributed by atoms with Crippen molar-refractivity contribution >= 4 is 12.0 Å². The minimum atomic E-state index is -0.777. The second kappa shape index (κ2) is 7.48. The van der Waals surface area contributed by atoms with Crippen molar-refractivity contribution in [1.29, 1.82) is 0 Å². The Labute approximate surface area is 126 Å². The SMILES string of the molecule is O=C(NCC1(C(=O)O)CCCCCC1)NC1CC=CCC1. The van der Waals surface area contributed by atoms with Gasteiger partial charge in [0, 0.05) is 12.6 Å². The molecule has 0 spiro atoms. The van der Waals surface area contributed by atoms with Crippen molar-refractivity contribution in [3.63, 3.8) is 0 Å². The molecule has 3 N–H and O–H groups in total. The number of aliphatic carboxylic acids is 1. The fourth-order valence-electron chi connectivity index (χ4n) is 3.28. The van der Waals surface area contributed by atoms with Crippen molar-refractivity contribution in [3.8, 4) is 0 Å². The van der Waals surface area contributed by atoms with Crippen LogP contribution in [-0.2, 0) is 4.79 Å². The van der Waals surface area contributed by atoms with Gasteiger partial charge in [0.15, 0.2) is 0 Å². The molecule has 1 unspecified atom stereocenters. The third kappa shape index (κ3) is 4.48. The molecule has 0 saturated heterocycles. The predicted molar refractivity (Wildman–Crippen MR) is 81.1 cm³/mol. The molecule has 1 atom stereocenters. The van der Waals surface area contributed by atoms with Gasteiger partial charge in [0.2, 0.25) is 0 Å². The molecule has 0 aliphatic heterocycles. The molecule has 118 valence electrons. The van der Waals surface area contributed by atoms with Gasteiger partial charge in [0.1, 0.15) is 0 Å². The molecule has 5 heteroatoms. The summed E-state index contributed by atoms with van der Waals surface area (Å²) in [5.74, 6) is -0.773. The minimum Gasteiger partial charge on any atom is -0.481 e. The van der Waals surface area contributed by atoms with E-state index in [9.17, 15) is 14.7 Å². The third-order valence-electron chi connectivity index (χ3n) is 4.71. The Hall–Kier alpha value is -1.52. The first kappa shape index (κ1) is 15.9. The quantitative estimate of drug-likeness (QED) is 0.551. The maximum absolute atomic E-state index is 12.0. The number of carboxylic acid groups (broad SMARTS) is 1. The minimum absolute atomic E-state index is 0.171. The summed E-state index contributed by atoms with van der Waals surface area (Å²) < 4.78 is 0. The molecule has 5 nitrogen and oxygen atoms in total. The summed E-state index contributed by atoms with van der Waals surface area (Å²) in [6.45, 7) is 0.233. The van der Waals surface area contributed by atoms with Crippen LogP contribution in [0.2, 0.25) is 0 Å². The average molecular weight is 294 g/mol. The Balaban J connectivity index is 1.84. The molecule has 0 aromatic heterocycles. The van der Waals surface area contributed by atoms with Crippen LogP contribution in [0.15, 0.2) is 12.2 Å². The van der Waals surface area contributed by atoms with Crippen molar-refractivity contribution in [2.75, 3.05) is 6.54 Å². The maximum Gasteiger partial charge on any atom is 0.315 e. The van der Waals surface area contributed by atoms with E-state index in [0.717, 1.165) is 44.9 Å². The van der Waals surface area contributed by atoms with E-state index >= 15 is 0 Å². The Kier molecular flexibility index (Phi) is 5.65. The number of amides is 2. The van der Waals surface area contributed by atoms with Crippen molar-refractivity contribution in [1.82, 2.24) is 10.6 Å². The van der Waals surface area contributed by atoms with Crippen molar-refractivity contribution < 1.29 is 14.7 Å². The highest BCUT2D eigenvalue weighted by Crippen LogP contribution is 2.34. The average Bonchev–Trinajstić information content (AvgIpc) is 2.73. The molecule has 0 aromatic rings. The maximum atomic E-state index is 12.0. The predicted octanol–water partition coefficient (Wildman–Crippen LogP) is 2.82. The topological polar surface area (TPSA) is 78.4 Å². The molecule has 2 aliphatic rings. The van der Waals surface area contributed by atoms with Gasteiger partial charge in [0.25, 0.3) is 0 Å². The normalized spacial score (nSPS) is 24.9. The van der Waals surface area contributed by atoms with Crippen molar-refractivity contribution in [2.24, 2.45) is 5.41 Å². The van der Waals surface area contributed by atoms with E-state index in [2.05, 4.69) is 22.8 Å². The highest BCUT2D eigenvalue weighted by atomic mass is 16.4. The van der Waals surface area contributed by atoms with Gasteiger partial charge >= 0.3 is 12.0 Å². The molecule has 0 heterocycles. The van der Waals surface area contributed by atoms with Crippen LogP contribution in [-0.4, -0.2) is 29.7 Å². The Morgan fingerprint density at radius 1 is 1.14 bits per heavy atom. The molecule has 21 heavy (non-hydrogen) atoms. The van der Waals surface area contributed by atoms with Crippen molar-refractivity contribution in [3.05, 3.63) is 12.2 Å². The highest BCUT2D eigenvalue weighted by Gasteiger charge is 2.38. The smallest absolute Gasteiger partial charge is 0.315 e. The summed E-state index contributed by atoms with van der Waals surface area (Å²) in [5, 5.41) is 15.3. The number of hydrogen-bond acceptors (Lipinski definition) is 2. The second-order valence-electron chi connectivity index (χ2n) is 6.31. The third-order valence-corrected chi connectivity index (χ3v) is 4.71. The molecule has 1 fully saturated rings. The van der Waals surface area contributed by atoms with Crippen LogP contribution in [0.25, 0.3) is 0 Å². The number of carboxylic acids is 1. The first-order valence-corrected chi connectivity index (χ1v) is 8.05. The number of nitrogens with one attached hydrogen (secondary N) is 2. The van der Waals surface area contributed by atoms with E-state index in [1.54, 1.807) is 0 Å². The summed E-state index contributed by atoms with van der Waals surface area (Å²) >= 11 is 0. The van der Waals surface area contributed by atoms with Crippen LogP contribution in [0.3, 0.4) is 0 Å². The molecular formula is C16H26N2O3. The zero-order valence-corrected chi connectivity index (χ0v) is 12.6. The van der Waals surface area contributed by atoms with E-state index in [0.29, 0.717) is 12.8 Å². The highest BCUT2D eigenvalue weighted by molar-refractivity contribution is 5.78. The van der Waals surface area contributed by atoms with Gasteiger partial charge in [-0.1, -0.05) is 37.8 Å². The van der Waals surface area contributed by atoms with Gasteiger partial charge in [-0.2, -0.15) is 0 Å². The lowest BCUT2D eigenvalue weighted by Crippen LogP contribution is -2.48. The first-order valence-electron chi connectivity index (χ1n) is 8.05. The van der Waals surface area contributed by atoms with Crippen LogP contribution >= 0.6 is 0 Å². The molecular weight excluding hydrogens is 268 g/mol. The fourth-order valence-corrected chi connectivity index (χ4v) is 3.28. The summed E-state index contributed by atoms with van der Waals surface area (Å²) in [4.78, 5) is 23.6. The Bertz CT molecular complexity index is 398. The second-order valence-corrected chi connectivity index (χ2v) is 6.31. The van der Waals surface area contributed by atoms with Gasteiger partial charge in [-0.05, 0) is 32.1 Å². The molecule has 2 amide bonds. The summed E-state index contributed by atoms with van der Waals surface area (Å²) in [6.07, 6.45) is 12.4. The zero-order valence-electron chi connectivity index (χ0n) is 12.6. The monoisotopic (exact) mass is 294 g/mol. The molecule has 2 aliphatic carbocycles. The van der Waals surface area contributed by atoms with Crippen LogP contribution < -0.4 is 10.6 Å². The summed E-state index contributed by atoms with van der Waals surface area (Å²) in [7, 11) is 0. The number of urea groups is 1. The van der Waals surface area contributed by atoms with Gasteiger partial charge in [-0.3, -0.25) is 4.79 Å². The lowest BCUT2D eigenvalue weighted by atomic mass is 9.80. The summed E-state index contributed by atoms with van der Waals surface area (Å²) in [6, 6.07) is -0.0647. The van der Waals surface area contributed by atoms with Gasteiger partial charge < -0.3 is 15.7 Å². The van der Waals surface area contributed by atoms with E-state index in [-0.39, 0.29) is 18.6 Å². The standard InChI is InChI=1S/C16H26N2O3/c19-14(20)16(10-6-1-2-7-11-16)12-17-15(21)18-13-8-4-3-5-9-13/h3-4,13H,1-2,5-12H2,(H,19,20)(H2,17,18,21). The van der Waals surface area contributed by atoms with Gasteiger partial charge in [-0.15, -0.1) is 0 Å². The van der Waals surface area contributed by atoms with Crippen LogP contribution in [0.4, 0.5) is 4.79 Å². The molecule has 2 rings (SSSR count). The largest absolute Gasteiger partial charge is 0.481 e. The first-order chi connectivity index (χ1) is 10.1. The number of carbonyl (C=O) groups is 2. The molecule has 0 aromatic carbocycles. The number of carbonyl (C=O) groups excluding carboxylic acids is 1. The molecule has 1 saturated carbocycles. The molecule has 0 radical (unpaired) electrons. The summed E-state index contributed by atoms with van der Waals surface area (Å²) in [5.41, 5.74) is -0.777. The van der Waals surface area contributed by atoms with Gasteiger partial charge in [-0.25, -0.2) is 4.79 Å².